The Labute approximate surface area is 187 Å². The molecule has 160 valence electrons. The zero-order valence-corrected chi connectivity index (χ0v) is 18.0. The van der Waals surface area contributed by atoms with Gasteiger partial charge in [-0.25, -0.2) is 19.4 Å². The van der Waals surface area contributed by atoms with E-state index in [9.17, 15) is 19.2 Å². The van der Waals surface area contributed by atoms with Crippen LogP contribution in [0.25, 0.3) is 0 Å². The third kappa shape index (κ3) is 4.54. The van der Waals surface area contributed by atoms with Crippen LogP contribution in [0.4, 0.5) is 21.0 Å². The molecule has 2 aliphatic rings. The Morgan fingerprint density at radius 1 is 0.645 bits per heavy atom. The van der Waals surface area contributed by atoms with Gasteiger partial charge in [0.25, 0.3) is 11.8 Å². The number of hydrogen-bond acceptors (Lipinski definition) is 6. The summed E-state index contributed by atoms with van der Waals surface area (Å²) in [5, 5.41) is 6.04. The number of benzene rings is 2. The predicted octanol–water partition coefficient (Wildman–Crippen LogP) is 2.66. The van der Waals surface area contributed by atoms with Crippen LogP contribution in [0.1, 0.15) is 0 Å². The second kappa shape index (κ2) is 9.44. The van der Waals surface area contributed by atoms with E-state index in [4.69, 9.17) is 0 Å². The molecule has 4 rings (SSSR count). The van der Waals surface area contributed by atoms with E-state index < -0.39 is 24.1 Å². The molecule has 0 aromatic heterocycles. The lowest BCUT2D eigenvalue weighted by atomic mass is 10.3. The van der Waals surface area contributed by atoms with Crippen LogP contribution in [0.5, 0.6) is 0 Å². The fourth-order valence-corrected chi connectivity index (χ4v) is 5.49. The van der Waals surface area contributed by atoms with Crippen molar-refractivity contribution < 1.29 is 19.2 Å². The number of para-hydroxylation sites is 2. The maximum Gasteiger partial charge on any atom is 0.329 e. The zero-order chi connectivity index (χ0) is 21.8. The first-order chi connectivity index (χ1) is 15.1. The van der Waals surface area contributed by atoms with Crippen molar-refractivity contribution in [2.75, 3.05) is 26.4 Å². The van der Waals surface area contributed by atoms with Crippen LogP contribution >= 0.6 is 23.5 Å². The van der Waals surface area contributed by atoms with Crippen LogP contribution in [0, 0.1) is 0 Å². The molecular formula is C21H20N4O4S2. The number of nitrogens with zero attached hydrogens (tertiary/aromatic N) is 2. The molecule has 2 unspecified atom stereocenters. The molecule has 2 aromatic rings. The largest absolute Gasteiger partial charge is 0.329 e. The highest BCUT2D eigenvalue weighted by atomic mass is 32.2. The standard InChI is InChI=1S/C21H20N4O4S2/c26-18-16(22-20(28)24(18)14-7-3-1-4-8-14)11-30-13-31-12-17-19(27)25(21(29)23-17)15-9-5-2-6-10-15/h1-10,16-17H,11-13H2,(H,22,28)(H,23,29). The molecule has 2 N–H and O–H groups in total. The maximum atomic E-state index is 12.6. The number of nitrogens with one attached hydrogen (secondary N) is 2. The Hall–Kier alpha value is -2.98. The quantitative estimate of drug-likeness (QED) is 0.360. The van der Waals surface area contributed by atoms with Crippen molar-refractivity contribution in [1.29, 1.82) is 0 Å². The van der Waals surface area contributed by atoms with Gasteiger partial charge in [-0.3, -0.25) is 9.59 Å². The lowest BCUT2D eigenvalue weighted by molar-refractivity contribution is -0.118. The smallest absolute Gasteiger partial charge is 0.325 e. The molecule has 0 bridgehead atoms. The predicted molar refractivity (Wildman–Crippen MR) is 122 cm³/mol. The van der Waals surface area contributed by atoms with Gasteiger partial charge in [0.2, 0.25) is 0 Å². The number of thioether (sulfide) groups is 2. The Morgan fingerprint density at radius 3 is 1.42 bits per heavy atom. The number of hydrogen-bond donors (Lipinski definition) is 2. The van der Waals surface area contributed by atoms with Gasteiger partial charge in [0, 0.05) is 16.6 Å². The molecule has 2 heterocycles. The fourth-order valence-electron chi connectivity index (χ4n) is 3.32. The van der Waals surface area contributed by atoms with Crippen LogP contribution < -0.4 is 20.4 Å². The van der Waals surface area contributed by atoms with E-state index in [0.29, 0.717) is 28.0 Å². The highest BCUT2D eigenvalue weighted by molar-refractivity contribution is 8.16. The number of anilines is 2. The fraction of sp³-hybridized carbons (Fsp3) is 0.238. The van der Waals surface area contributed by atoms with Gasteiger partial charge in [-0.2, -0.15) is 0 Å². The summed E-state index contributed by atoms with van der Waals surface area (Å²) in [6.07, 6.45) is 0. The Morgan fingerprint density at radius 2 is 1.03 bits per heavy atom. The van der Waals surface area contributed by atoms with Gasteiger partial charge < -0.3 is 10.6 Å². The van der Waals surface area contributed by atoms with Crippen LogP contribution in [-0.4, -0.2) is 52.6 Å². The topological polar surface area (TPSA) is 98.8 Å². The summed E-state index contributed by atoms with van der Waals surface area (Å²) in [5.41, 5.74) is 1.09. The second-order valence-corrected chi connectivity index (χ2v) is 9.31. The summed E-state index contributed by atoms with van der Waals surface area (Å²) in [6.45, 7) is 0. The number of urea groups is 2. The molecule has 0 saturated carbocycles. The molecule has 2 atom stereocenters. The first kappa shape index (κ1) is 21.3. The van der Waals surface area contributed by atoms with E-state index in [1.807, 2.05) is 12.1 Å². The number of amides is 6. The van der Waals surface area contributed by atoms with Crippen LogP contribution in [0.15, 0.2) is 60.7 Å². The molecule has 2 fully saturated rings. The van der Waals surface area contributed by atoms with Gasteiger partial charge in [0.05, 0.1) is 11.4 Å². The first-order valence-corrected chi connectivity index (χ1v) is 11.9. The third-order valence-corrected chi connectivity index (χ3v) is 7.27. The number of carbonyl (C=O) groups excluding carboxylic acids is 4. The molecule has 31 heavy (non-hydrogen) atoms. The average molecular weight is 457 g/mol. The minimum absolute atomic E-state index is 0.273. The number of carbonyl (C=O) groups is 4. The SMILES string of the molecule is O=C1NC(CSCSCC2NC(=O)N(c3ccccc3)C2=O)C(=O)N1c1ccccc1. The molecule has 6 amide bonds. The zero-order valence-electron chi connectivity index (χ0n) is 16.4. The summed E-state index contributed by atoms with van der Waals surface area (Å²) in [7, 11) is 0. The average Bonchev–Trinajstić information content (AvgIpc) is 3.23. The van der Waals surface area contributed by atoms with Crippen molar-refractivity contribution in [3.63, 3.8) is 0 Å². The summed E-state index contributed by atoms with van der Waals surface area (Å²) in [5.74, 6) is 0.320. The maximum absolute atomic E-state index is 12.6. The van der Waals surface area contributed by atoms with E-state index in [1.165, 1.54) is 23.5 Å². The van der Waals surface area contributed by atoms with E-state index in [-0.39, 0.29) is 11.8 Å². The molecule has 10 heteroatoms. The molecule has 0 aliphatic carbocycles. The molecular weight excluding hydrogens is 436 g/mol. The van der Waals surface area contributed by atoms with Crippen molar-refractivity contribution in [3.8, 4) is 0 Å². The Kier molecular flexibility index (Phi) is 6.47. The Bertz CT molecular complexity index is 910. The van der Waals surface area contributed by atoms with E-state index >= 15 is 0 Å². The van der Waals surface area contributed by atoms with Gasteiger partial charge in [0.15, 0.2) is 0 Å². The van der Waals surface area contributed by atoms with Crippen molar-refractivity contribution in [2.45, 2.75) is 12.1 Å². The molecule has 2 saturated heterocycles. The Balaban J connectivity index is 1.22. The minimum Gasteiger partial charge on any atom is -0.325 e. The first-order valence-electron chi connectivity index (χ1n) is 9.61. The van der Waals surface area contributed by atoms with Crippen molar-refractivity contribution in [3.05, 3.63) is 60.7 Å². The lowest BCUT2D eigenvalue weighted by Crippen LogP contribution is -2.33. The van der Waals surface area contributed by atoms with Crippen molar-refractivity contribution >= 4 is 58.8 Å². The monoisotopic (exact) mass is 456 g/mol. The second-order valence-electron chi connectivity index (χ2n) is 6.88. The van der Waals surface area contributed by atoms with Crippen molar-refractivity contribution in [1.82, 2.24) is 10.6 Å². The summed E-state index contributed by atoms with van der Waals surface area (Å²) in [4.78, 5) is 51.8. The number of rotatable bonds is 8. The normalized spacial score (nSPS) is 20.9. The van der Waals surface area contributed by atoms with Gasteiger partial charge in [-0.1, -0.05) is 36.4 Å². The van der Waals surface area contributed by atoms with Crippen LogP contribution in [-0.2, 0) is 9.59 Å². The van der Waals surface area contributed by atoms with Gasteiger partial charge in [-0.15, -0.1) is 23.5 Å². The van der Waals surface area contributed by atoms with E-state index in [2.05, 4.69) is 10.6 Å². The molecule has 2 aliphatic heterocycles. The number of imide groups is 2. The highest BCUT2D eigenvalue weighted by Crippen LogP contribution is 2.24. The molecule has 2 aromatic carbocycles. The lowest BCUT2D eigenvalue weighted by Gasteiger charge is -2.13. The van der Waals surface area contributed by atoms with Gasteiger partial charge >= 0.3 is 12.1 Å². The third-order valence-electron chi connectivity index (χ3n) is 4.80. The minimum atomic E-state index is -0.584. The van der Waals surface area contributed by atoms with E-state index in [0.717, 1.165) is 9.80 Å². The van der Waals surface area contributed by atoms with Gasteiger partial charge in [0.1, 0.15) is 12.1 Å². The van der Waals surface area contributed by atoms with Crippen LogP contribution in [0.3, 0.4) is 0 Å². The summed E-state index contributed by atoms with van der Waals surface area (Å²) >= 11 is 3.00. The summed E-state index contributed by atoms with van der Waals surface area (Å²) < 4.78 is 0. The van der Waals surface area contributed by atoms with Crippen molar-refractivity contribution in [2.24, 2.45) is 0 Å². The molecule has 8 nitrogen and oxygen atoms in total. The van der Waals surface area contributed by atoms with E-state index in [1.54, 1.807) is 48.5 Å². The van der Waals surface area contributed by atoms with Crippen LogP contribution in [0.2, 0.25) is 0 Å². The van der Waals surface area contributed by atoms with Gasteiger partial charge in [-0.05, 0) is 24.3 Å². The highest BCUT2D eigenvalue weighted by Gasteiger charge is 2.40. The molecule has 0 radical (unpaired) electrons. The molecule has 0 spiro atoms. The summed E-state index contributed by atoms with van der Waals surface area (Å²) in [6, 6.07) is 15.6.